The summed E-state index contributed by atoms with van der Waals surface area (Å²) in [6, 6.07) is 17.1. The first-order chi connectivity index (χ1) is 22.7. The van der Waals surface area contributed by atoms with Gasteiger partial charge in [0.2, 0.25) is 0 Å². The molecule has 2 aromatic rings. The molecule has 6 nitrogen and oxygen atoms in total. The zero-order valence-electron chi connectivity index (χ0n) is 32.7. The van der Waals surface area contributed by atoms with Gasteiger partial charge in [-0.2, -0.15) is 0 Å². The number of carbonyl (C=O) groups excluding carboxylic acids is 1. The molecule has 8 heteroatoms. The summed E-state index contributed by atoms with van der Waals surface area (Å²) >= 11 is 0. The highest BCUT2D eigenvalue weighted by Crippen LogP contribution is 2.58. The lowest BCUT2D eigenvalue weighted by Crippen LogP contribution is -2.47. The molecule has 49 heavy (non-hydrogen) atoms. The molecular formula is C41H66O6Si2. The third-order valence-electron chi connectivity index (χ3n) is 12.5. The van der Waals surface area contributed by atoms with Crippen molar-refractivity contribution in [1.82, 2.24) is 0 Å². The van der Waals surface area contributed by atoms with Crippen LogP contribution in [0.4, 0.5) is 0 Å². The molecule has 5 atom stereocenters. The lowest BCUT2D eigenvalue weighted by atomic mass is 9.61. The predicted molar refractivity (Wildman–Crippen MR) is 205 cm³/mol. The van der Waals surface area contributed by atoms with E-state index in [0.717, 1.165) is 12.0 Å². The Bertz CT molecular complexity index is 1400. The van der Waals surface area contributed by atoms with Crippen molar-refractivity contribution >= 4 is 22.6 Å². The molecule has 2 aliphatic rings. The molecule has 274 valence electrons. The van der Waals surface area contributed by atoms with Crippen LogP contribution in [0, 0.1) is 11.3 Å². The van der Waals surface area contributed by atoms with E-state index in [1.807, 2.05) is 18.2 Å². The number of esters is 1. The van der Waals surface area contributed by atoms with E-state index < -0.39 is 28.7 Å². The quantitative estimate of drug-likeness (QED) is 0.155. The minimum absolute atomic E-state index is 0.0146. The Morgan fingerprint density at radius 1 is 0.959 bits per heavy atom. The maximum atomic E-state index is 11.8. The standard InChI is InChI=1S/C41H66O6Si2/c1-13-21-41(22-16-23-41)38(47-49(11,12)40(5,6)7)31-19-15-18-30(26-31)37-33(34(42)27-35(37)46-48(9,10)39(2,3)4)25-29-17-14-20-32(24-29)45-28-36(43)44-8/h14-15,17-20,24,26,33-35,37-38,42H,13,16,21-23,25,27-28H2,1-12H3/t33-,34-,35+,37+,38+/m0/s1. The molecule has 0 spiro atoms. The first-order valence-electron chi connectivity index (χ1n) is 18.7. The number of rotatable bonds is 14. The SMILES string of the molecule is CCCC1([C@H](O[Si](C)(C)C(C)(C)C)c2cccc([C@@H]3[C@@H](Cc4cccc(OCC(=O)OC)c4)[C@@H](O)C[C@H]3O[Si](C)(C)C(C)(C)C)c2)CCC1. The average Bonchev–Trinajstić information content (AvgIpc) is 3.28. The first kappa shape index (κ1) is 39.8. The molecular weight excluding hydrogens is 645 g/mol. The van der Waals surface area contributed by atoms with Gasteiger partial charge in [-0.15, -0.1) is 0 Å². The highest BCUT2D eigenvalue weighted by Gasteiger charge is 2.51. The van der Waals surface area contributed by atoms with E-state index in [2.05, 4.69) is 105 Å². The summed E-state index contributed by atoms with van der Waals surface area (Å²) < 4.78 is 25.1. The Labute approximate surface area is 299 Å². The lowest BCUT2D eigenvalue weighted by molar-refractivity contribution is -0.142. The van der Waals surface area contributed by atoms with E-state index >= 15 is 0 Å². The lowest BCUT2D eigenvalue weighted by Gasteiger charge is -2.52. The molecule has 0 unspecified atom stereocenters. The van der Waals surface area contributed by atoms with Crippen molar-refractivity contribution in [3.05, 3.63) is 65.2 Å². The van der Waals surface area contributed by atoms with Crippen LogP contribution in [-0.4, -0.2) is 53.6 Å². The van der Waals surface area contributed by atoms with Crippen LogP contribution in [0.5, 0.6) is 5.75 Å². The fraction of sp³-hybridized carbons (Fsp3) is 0.683. The Morgan fingerprint density at radius 3 is 2.18 bits per heavy atom. The second-order valence-electron chi connectivity index (χ2n) is 18.0. The molecule has 4 rings (SSSR count). The van der Waals surface area contributed by atoms with Gasteiger partial charge in [-0.1, -0.05) is 97.7 Å². The minimum Gasteiger partial charge on any atom is -0.482 e. The molecule has 2 aliphatic carbocycles. The van der Waals surface area contributed by atoms with Crippen molar-refractivity contribution in [3.8, 4) is 5.75 Å². The van der Waals surface area contributed by atoms with Gasteiger partial charge in [-0.05, 0) is 109 Å². The minimum atomic E-state index is -2.15. The third-order valence-corrected chi connectivity index (χ3v) is 21.4. The molecule has 0 bridgehead atoms. The van der Waals surface area contributed by atoms with E-state index in [1.54, 1.807) is 0 Å². The van der Waals surface area contributed by atoms with Crippen LogP contribution >= 0.6 is 0 Å². The van der Waals surface area contributed by atoms with E-state index in [4.69, 9.17) is 18.3 Å². The maximum Gasteiger partial charge on any atom is 0.343 e. The van der Waals surface area contributed by atoms with E-state index in [-0.39, 0.29) is 46.1 Å². The highest BCUT2D eigenvalue weighted by atomic mass is 28.4. The van der Waals surface area contributed by atoms with Crippen LogP contribution in [0.25, 0.3) is 0 Å². The largest absolute Gasteiger partial charge is 0.482 e. The molecule has 0 aliphatic heterocycles. The topological polar surface area (TPSA) is 74.2 Å². The summed E-state index contributed by atoms with van der Waals surface area (Å²) in [5, 5.41) is 12.0. The van der Waals surface area contributed by atoms with Gasteiger partial charge in [0, 0.05) is 5.92 Å². The number of benzene rings is 2. The summed E-state index contributed by atoms with van der Waals surface area (Å²) in [4.78, 5) is 11.7. The van der Waals surface area contributed by atoms with Crippen LogP contribution in [0.15, 0.2) is 48.5 Å². The first-order valence-corrected chi connectivity index (χ1v) is 24.5. The van der Waals surface area contributed by atoms with Crippen molar-refractivity contribution in [2.24, 2.45) is 11.3 Å². The molecule has 1 N–H and O–H groups in total. The summed E-state index contributed by atoms with van der Waals surface area (Å²) in [5.74, 6) is 0.172. The zero-order chi connectivity index (χ0) is 36.4. The molecule has 0 aromatic heterocycles. The molecule has 0 saturated heterocycles. The van der Waals surface area contributed by atoms with E-state index in [1.165, 1.54) is 43.9 Å². The Hall–Kier alpha value is -1.98. The second-order valence-corrected chi connectivity index (χ2v) is 27.5. The van der Waals surface area contributed by atoms with Crippen LogP contribution in [0.3, 0.4) is 0 Å². The molecule has 0 heterocycles. The summed E-state index contributed by atoms with van der Waals surface area (Å²) in [6.07, 6.45) is 6.73. The van der Waals surface area contributed by atoms with Gasteiger partial charge < -0.3 is 23.4 Å². The van der Waals surface area contributed by atoms with Crippen LogP contribution < -0.4 is 4.74 Å². The van der Waals surface area contributed by atoms with Gasteiger partial charge in [0.05, 0.1) is 25.4 Å². The Balaban J connectivity index is 1.77. The van der Waals surface area contributed by atoms with Crippen LogP contribution in [0.2, 0.25) is 36.3 Å². The van der Waals surface area contributed by atoms with Crippen molar-refractivity contribution in [1.29, 1.82) is 0 Å². The fourth-order valence-electron chi connectivity index (χ4n) is 7.43. The molecule has 0 amide bonds. The van der Waals surface area contributed by atoms with Crippen molar-refractivity contribution in [2.75, 3.05) is 13.7 Å². The predicted octanol–water partition coefficient (Wildman–Crippen LogP) is 10.4. The highest BCUT2D eigenvalue weighted by molar-refractivity contribution is 6.74. The smallest absolute Gasteiger partial charge is 0.343 e. The number of ether oxygens (including phenoxy) is 2. The van der Waals surface area contributed by atoms with Gasteiger partial charge in [0.25, 0.3) is 0 Å². The number of hydrogen-bond donors (Lipinski definition) is 1. The van der Waals surface area contributed by atoms with Crippen molar-refractivity contribution in [2.45, 2.75) is 154 Å². The monoisotopic (exact) mass is 710 g/mol. The number of hydrogen-bond acceptors (Lipinski definition) is 6. The van der Waals surface area contributed by atoms with Gasteiger partial charge in [0.15, 0.2) is 23.2 Å². The van der Waals surface area contributed by atoms with E-state index in [9.17, 15) is 9.90 Å². The number of carbonyl (C=O) groups is 1. The summed E-state index contributed by atoms with van der Waals surface area (Å²) in [5.41, 5.74) is 3.74. The summed E-state index contributed by atoms with van der Waals surface area (Å²) in [6.45, 7) is 25.4. The van der Waals surface area contributed by atoms with E-state index in [0.29, 0.717) is 18.6 Å². The molecule has 0 radical (unpaired) electrons. The zero-order valence-corrected chi connectivity index (χ0v) is 34.7. The van der Waals surface area contributed by atoms with Gasteiger partial charge in [-0.25, -0.2) is 4.79 Å². The number of methoxy groups -OCH3 is 1. The average molecular weight is 711 g/mol. The van der Waals surface area contributed by atoms with Gasteiger partial charge in [0.1, 0.15) is 5.75 Å². The normalized spacial score (nSPS) is 23.5. The Morgan fingerprint density at radius 2 is 1.61 bits per heavy atom. The third kappa shape index (κ3) is 9.10. The number of aliphatic hydroxyl groups excluding tert-OH is 1. The second kappa shape index (κ2) is 15.3. The van der Waals surface area contributed by atoms with Crippen LogP contribution in [0.1, 0.15) is 116 Å². The molecule has 2 aromatic carbocycles. The van der Waals surface area contributed by atoms with Gasteiger partial charge >= 0.3 is 5.97 Å². The maximum absolute atomic E-state index is 11.8. The fourth-order valence-corrected chi connectivity index (χ4v) is 10.1. The Kier molecular flexibility index (Phi) is 12.4. The summed E-state index contributed by atoms with van der Waals surface area (Å²) in [7, 11) is -2.87. The van der Waals surface area contributed by atoms with Crippen LogP contribution in [-0.2, 0) is 24.8 Å². The van der Waals surface area contributed by atoms with Gasteiger partial charge in [-0.3, -0.25) is 0 Å². The van der Waals surface area contributed by atoms with Crippen molar-refractivity contribution in [3.63, 3.8) is 0 Å². The van der Waals surface area contributed by atoms with Crippen molar-refractivity contribution < 1.29 is 28.2 Å². The molecule has 2 fully saturated rings. The molecule has 2 saturated carbocycles. The number of aliphatic hydroxyl groups is 1.